The highest BCUT2D eigenvalue weighted by Gasteiger charge is 1.88. The second kappa shape index (κ2) is 14.2. The van der Waals surface area contributed by atoms with Gasteiger partial charge in [-0.25, -0.2) is 0 Å². The van der Waals surface area contributed by atoms with Gasteiger partial charge in [-0.3, -0.25) is 4.79 Å². The van der Waals surface area contributed by atoms with E-state index in [-0.39, 0.29) is 0 Å². The van der Waals surface area contributed by atoms with E-state index in [1.807, 2.05) is 18.2 Å². The molecule has 0 aliphatic rings. The average molecular weight is 269 g/mol. The average Bonchev–Trinajstić information content (AvgIpc) is 2.34. The summed E-state index contributed by atoms with van der Waals surface area (Å²) in [5.41, 5.74) is 0. The van der Waals surface area contributed by atoms with Gasteiger partial charge in [-0.15, -0.1) is 0 Å². The molecule has 0 radical (unpaired) electrons. The fourth-order valence-electron chi connectivity index (χ4n) is 1.65. The summed E-state index contributed by atoms with van der Waals surface area (Å²) in [4.78, 5) is 10.4. The third-order valence-corrected chi connectivity index (χ3v) is 2.80. The lowest BCUT2D eigenvalue weighted by Crippen LogP contribution is -1.78. The van der Waals surface area contributed by atoms with Gasteiger partial charge in [-0.05, 0) is 30.5 Å². The predicted octanol–water partition coefficient (Wildman–Crippen LogP) is 5.56. The van der Waals surface area contributed by atoms with Crippen LogP contribution >= 0.6 is 11.6 Å². The highest BCUT2D eigenvalue weighted by molar-refractivity contribution is 6.66. The molecule has 18 heavy (non-hydrogen) atoms. The monoisotopic (exact) mass is 268 g/mol. The molecule has 1 nitrogen and oxygen atoms in total. The Hall–Kier alpha value is -0.820. The summed E-state index contributed by atoms with van der Waals surface area (Å²) in [6, 6.07) is 0. The highest BCUT2D eigenvalue weighted by Crippen LogP contribution is 2.08. The van der Waals surface area contributed by atoms with E-state index < -0.39 is 5.24 Å². The van der Waals surface area contributed by atoms with Crippen LogP contribution in [0, 0.1) is 0 Å². The topological polar surface area (TPSA) is 17.1 Å². The van der Waals surface area contributed by atoms with Crippen LogP contribution in [0.1, 0.15) is 58.3 Å². The molecule has 0 saturated heterocycles. The zero-order chi connectivity index (χ0) is 13.5. The summed E-state index contributed by atoms with van der Waals surface area (Å²) >= 11 is 5.14. The normalized spacial score (nSPS) is 12.1. The molecule has 0 heterocycles. The Morgan fingerprint density at radius 3 is 2.17 bits per heavy atom. The molecule has 0 aromatic rings. The van der Waals surface area contributed by atoms with E-state index in [2.05, 4.69) is 13.0 Å². The van der Waals surface area contributed by atoms with Crippen LogP contribution in [-0.4, -0.2) is 5.24 Å². The zero-order valence-corrected chi connectivity index (χ0v) is 12.2. The lowest BCUT2D eigenvalue weighted by atomic mass is 10.1. The van der Waals surface area contributed by atoms with Crippen LogP contribution in [0.5, 0.6) is 0 Å². The summed E-state index contributed by atoms with van der Waals surface area (Å²) in [6.45, 7) is 2.25. The summed E-state index contributed by atoms with van der Waals surface area (Å²) in [6.07, 6.45) is 21.5. The third-order valence-electron chi connectivity index (χ3n) is 2.67. The lowest BCUT2D eigenvalue weighted by molar-refractivity contribution is -0.107. The highest BCUT2D eigenvalue weighted by atomic mass is 35.5. The van der Waals surface area contributed by atoms with Gasteiger partial charge < -0.3 is 0 Å². The molecule has 0 spiro atoms. The van der Waals surface area contributed by atoms with E-state index in [0.717, 1.165) is 6.42 Å². The first kappa shape index (κ1) is 17.2. The van der Waals surface area contributed by atoms with Crippen molar-refractivity contribution in [3.05, 3.63) is 36.5 Å². The summed E-state index contributed by atoms with van der Waals surface area (Å²) < 4.78 is 0. The number of carbonyl (C=O) groups is 1. The molecule has 0 unspecified atom stereocenters. The Morgan fingerprint density at radius 1 is 0.889 bits per heavy atom. The van der Waals surface area contributed by atoms with Crippen LogP contribution in [-0.2, 0) is 4.79 Å². The van der Waals surface area contributed by atoms with E-state index in [1.165, 1.54) is 51.0 Å². The summed E-state index contributed by atoms with van der Waals surface area (Å²) in [5.74, 6) is 0. The van der Waals surface area contributed by atoms with Gasteiger partial charge >= 0.3 is 0 Å². The van der Waals surface area contributed by atoms with E-state index in [9.17, 15) is 4.79 Å². The maximum absolute atomic E-state index is 10.4. The largest absolute Gasteiger partial charge is 0.276 e. The van der Waals surface area contributed by atoms with Crippen molar-refractivity contribution in [1.29, 1.82) is 0 Å². The van der Waals surface area contributed by atoms with E-state index >= 15 is 0 Å². The van der Waals surface area contributed by atoms with Crippen LogP contribution in [0.4, 0.5) is 0 Å². The van der Waals surface area contributed by atoms with Crippen molar-refractivity contribution in [3.63, 3.8) is 0 Å². The maximum atomic E-state index is 10.4. The molecule has 0 N–H and O–H groups in total. The zero-order valence-electron chi connectivity index (χ0n) is 11.4. The van der Waals surface area contributed by atoms with Gasteiger partial charge in [-0.2, -0.15) is 0 Å². The van der Waals surface area contributed by atoms with Crippen molar-refractivity contribution in [2.75, 3.05) is 0 Å². The van der Waals surface area contributed by atoms with Crippen LogP contribution in [0.2, 0.25) is 0 Å². The van der Waals surface area contributed by atoms with E-state index in [4.69, 9.17) is 11.6 Å². The van der Waals surface area contributed by atoms with Gasteiger partial charge in [-0.1, -0.05) is 75.8 Å². The quantitative estimate of drug-likeness (QED) is 0.207. The van der Waals surface area contributed by atoms with Crippen LogP contribution in [0.15, 0.2) is 36.5 Å². The van der Waals surface area contributed by atoms with Gasteiger partial charge in [0.15, 0.2) is 0 Å². The van der Waals surface area contributed by atoms with Gasteiger partial charge in [0.2, 0.25) is 5.24 Å². The van der Waals surface area contributed by atoms with Crippen molar-refractivity contribution < 1.29 is 4.79 Å². The fourth-order valence-corrected chi connectivity index (χ4v) is 1.73. The molecule has 0 bridgehead atoms. The molecule has 102 valence electrons. The van der Waals surface area contributed by atoms with Crippen molar-refractivity contribution in [1.82, 2.24) is 0 Å². The minimum absolute atomic E-state index is 0.438. The second-order valence-electron chi connectivity index (χ2n) is 4.39. The number of allylic oxidation sites excluding steroid dienone is 6. The number of hydrogen-bond donors (Lipinski definition) is 0. The minimum Gasteiger partial charge on any atom is -0.276 e. The van der Waals surface area contributed by atoms with Crippen LogP contribution in [0.3, 0.4) is 0 Å². The molecule has 0 aliphatic heterocycles. The van der Waals surface area contributed by atoms with Crippen LogP contribution < -0.4 is 0 Å². The molecule has 0 rings (SSSR count). The Morgan fingerprint density at radius 2 is 1.50 bits per heavy atom. The molecule has 0 amide bonds. The predicted molar refractivity (Wildman–Crippen MR) is 80.9 cm³/mol. The third kappa shape index (κ3) is 15.2. The molecular formula is C16H25ClO. The molecule has 0 aromatic heterocycles. The van der Waals surface area contributed by atoms with Gasteiger partial charge in [0.25, 0.3) is 0 Å². The maximum Gasteiger partial charge on any atom is 0.245 e. The number of unbranched alkanes of at least 4 members (excludes halogenated alkanes) is 7. The van der Waals surface area contributed by atoms with Crippen molar-refractivity contribution in [2.45, 2.75) is 58.3 Å². The molecule has 0 saturated carbocycles. The Kier molecular flexibility index (Phi) is 13.6. The fraction of sp³-hybridized carbons (Fsp3) is 0.562. The first-order chi connectivity index (χ1) is 8.77. The van der Waals surface area contributed by atoms with Gasteiger partial charge in [0, 0.05) is 0 Å². The Labute approximate surface area is 117 Å². The van der Waals surface area contributed by atoms with Crippen molar-refractivity contribution in [3.8, 4) is 0 Å². The first-order valence-electron chi connectivity index (χ1n) is 6.96. The number of hydrogen-bond acceptors (Lipinski definition) is 1. The molecule has 2 heteroatoms. The lowest BCUT2D eigenvalue weighted by Gasteiger charge is -1.98. The molecule has 0 aliphatic carbocycles. The first-order valence-corrected chi connectivity index (χ1v) is 7.34. The standard InChI is InChI=1S/C16H25ClO/c1-2-3-4-5-6-7-8-9-10-11-12-13-14-15-16(17)18/h10-15H,2-9H2,1H3. The number of rotatable bonds is 11. The minimum atomic E-state index is -0.438. The van der Waals surface area contributed by atoms with Crippen molar-refractivity contribution >= 4 is 16.8 Å². The molecule has 0 fully saturated rings. The smallest absolute Gasteiger partial charge is 0.245 e. The van der Waals surface area contributed by atoms with E-state index in [0.29, 0.717) is 0 Å². The number of carbonyl (C=O) groups excluding carboxylic acids is 1. The molecular weight excluding hydrogens is 244 g/mol. The van der Waals surface area contributed by atoms with Gasteiger partial charge in [0.1, 0.15) is 0 Å². The Bertz CT molecular complexity index is 277. The Balaban J connectivity index is 3.30. The second-order valence-corrected chi connectivity index (χ2v) is 4.76. The van der Waals surface area contributed by atoms with Crippen molar-refractivity contribution in [2.24, 2.45) is 0 Å². The van der Waals surface area contributed by atoms with Crippen LogP contribution in [0.25, 0.3) is 0 Å². The van der Waals surface area contributed by atoms with E-state index in [1.54, 1.807) is 6.08 Å². The SMILES string of the molecule is CCCCCCCCCC=CC=CC=CC(=O)Cl. The summed E-state index contributed by atoms with van der Waals surface area (Å²) in [5, 5.41) is -0.438. The van der Waals surface area contributed by atoms with Gasteiger partial charge in [0.05, 0.1) is 0 Å². The molecule has 0 aromatic carbocycles. The summed E-state index contributed by atoms with van der Waals surface area (Å²) in [7, 11) is 0. The molecule has 0 atom stereocenters. The number of halogens is 1.